The standard InChI is InChI=1S/C5H8N2S4/c1-2-3-9-11-5-6-4-7(8)10-5/h2,4-5,8H,1,3H2. The quantitative estimate of drug-likeness (QED) is 0.259. The van der Waals surface area contributed by atoms with Crippen molar-refractivity contribution in [1.29, 1.82) is 0 Å². The summed E-state index contributed by atoms with van der Waals surface area (Å²) in [5, 5.41) is 0. The summed E-state index contributed by atoms with van der Waals surface area (Å²) in [6.45, 7) is 3.63. The largest absolute Gasteiger partial charge is 0.248 e. The lowest BCUT2D eigenvalue weighted by atomic mass is 10.8. The highest BCUT2D eigenvalue weighted by Crippen LogP contribution is 2.39. The summed E-state index contributed by atoms with van der Waals surface area (Å²) in [6.07, 6.45) is 3.61. The molecule has 0 amide bonds. The molecule has 0 spiro atoms. The predicted molar refractivity (Wildman–Crippen MR) is 60.9 cm³/mol. The molecule has 2 nitrogen and oxygen atoms in total. The number of nitrogens with zero attached hydrogens (tertiary/aromatic N) is 2. The van der Waals surface area contributed by atoms with Crippen molar-refractivity contribution in [3.63, 3.8) is 0 Å². The minimum Gasteiger partial charge on any atom is -0.248 e. The number of rotatable bonds is 4. The average molecular weight is 224 g/mol. The topological polar surface area (TPSA) is 15.6 Å². The minimum atomic E-state index is 0.262. The van der Waals surface area contributed by atoms with Gasteiger partial charge in [-0.15, -0.1) is 6.58 Å². The van der Waals surface area contributed by atoms with Crippen LogP contribution in [0.25, 0.3) is 0 Å². The molecule has 1 heterocycles. The van der Waals surface area contributed by atoms with Crippen molar-refractivity contribution in [2.45, 2.75) is 4.71 Å². The Hall–Kier alpha value is 0.610. The van der Waals surface area contributed by atoms with Gasteiger partial charge in [0.25, 0.3) is 0 Å². The van der Waals surface area contributed by atoms with Gasteiger partial charge in [0.15, 0.2) is 4.71 Å². The van der Waals surface area contributed by atoms with Crippen LogP contribution >= 0.6 is 46.4 Å². The highest BCUT2D eigenvalue weighted by Gasteiger charge is 2.16. The van der Waals surface area contributed by atoms with Gasteiger partial charge in [0.05, 0.1) is 0 Å². The van der Waals surface area contributed by atoms with E-state index in [1.165, 1.54) is 0 Å². The Labute approximate surface area is 84.4 Å². The van der Waals surface area contributed by atoms with E-state index in [4.69, 9.17) is 0 Å². The summed E-state index contributed by atoms with van der Waals surface area (Å²) in [4.78, 5) is 4.18. The fourth-order valence-electron chi connectivity index (χ4n) is 0.446. The predicted octanol–water partition coefficient (Wildman–Crippen LogP) is 2.67. The smallest absolute Gasteiger partial charge is 0.172 e. The van der Waals surface area contributed by atoms with Crippen molar-refractivity contribution in [2.75, 3.05) is 5.75 Å². The van der Waals surface area contributed by atoms with Crippen LogP contribution in [0, 0.1) is 0 Å². The van der Waals surface area contributed by atoms with Crippen molar-refractivity contribution in [1.82, 2.24) is 3.71 Å². The van der Waals surface area contributed by atoms with E-state index in [0.29, 0.717) is 0 Å². The molecular formula is C5H8N2S4. The molecule has 1 unspecified atom stereocenters. The summed E-state index contributed by atoms with van der Waals surface area (Å²) in [5.41, 5.74) is 0. The van der Waals surface area contributed by atoms with Crippen LogP contribution in [-0.4, -0.2) is 20.5 Å². The maximum Gasteiger partial charge on any atom is 0.172 e. The third-order valence-corrected chi connectivity index (χ3v) is 4.89. The third-order valence-electron chi connectivity index (χ3n) is 0.822. The van der Waals surface area contributed by atoms with E-state index in [9.17, 15) is 0 Å². The monoisotopic (exact) mass is 224 g/mol. The summed E-state index contributed by atoms with van der Waals surface area (Å²) in [6, 6.07) is 0. The van der Waals surface area contributed by atoms with E-state index in [1.54, 1.807) is 43.6 Å². The van der Waals surface area contributed by atoms with E-state index < -0.39 is 0 Å². The Morgan fingerprint density at radius 2 is 2.73 bits per heavy atom. The second kappa shape index (κ2) is 5.29. The second-order valence-corrected chi connectivity index (χ2v) is 6.19. The van der Waals surface area contributed by atoms with E-state index in [0.717, 1.165) is 5.75 Å². The van der Waals surface area contributed by atoms with Crippen LogP contribution in [0.2, 0.25) is 0 Å². The van der Waals surface area contributed by atoms with Gasteiger partial charge in [-0.3, -0.25) is 0 Å². The molecule has 0 aromatic rings. The van der Waals surface area contributed by atoms with Crippen LogP contribution in [0.5, 0.6) is 0 Å². The molecule has 0 N–H and O–H groups in total. The number of thiol groups is 1. The van der Waals surface area contributed by atoms with Crippen LogP contribution in [0.15, 0.2) is 17.6 Å². The molecule has 0 fully saturated rings. The Morgan fingerprint density at radius 1 is 1.91 bits per heavy atom. The molecule has 0 saturated carbocycles. The second-order valence-electron chi connectivity index (χ2n) is 1.65. The zero-order valence-electron chi connectivity index (χ0n) is 5.71. The van der Waals surface area contributed by atoms with Crippen LogP contribution in [0.4, 0.5) is 0 Å². The van der Waals surface area contributed by atoms with E-state index in [2.05, 4.69) is 24.4 Å². The van der Waals surface area contributed by atoms with Crippen LogP contribution in [-0.2, 0) is 0 Å². The molecule has 0 radical (unpaired) electrons. The molecule has 0 saturated heterocycles. The lowest BCUT2D eigenvalue weighted by Gasteiger charge is -2.05. The van der Waals surface area contributed by atoms with Gasteiger partial charge < -0.3 is 0 Å². The Kier molecular flexibility index (Phi) is 4.66. The van der Waals surface area contributed by atoms with Gasteiger partial charge >= 0.3 is 0 Å². The molecular weight excluding hydrogens is 216 g/mol. The average Bonchev–Trinajstić information content (AvgIpc) is 2.37. The van der Waals surface area contributed by atoms with Gasteiger partial charge in [0.1, 0.15) is 6.34 Å². The maximum absolute atomic E-state index is 4.18. The highest BCUT2D eigenvalue weighted by molar-refractivity contribution is 8.78. The molecule has 0 bridgehead atoms. The Balaban J connectivity index is 2.09. The lowest BCUT2D eigenvalue weighted by Crippen LogP contribution is -1.91. The van der Waals surface area contributed by atoms with Gasteiger partial charge in [-0.25, -0.2) is 8.70 Å². The van der Waals surface area contributed by atoms with E-state index in [-0.39, 0.29) is 4.71 Å². The minimum absolute atomic E-state index is 0.262. The molecule has 0 aromatic heterocycles. The molecule has 6 heteroatoms. The fourth-order valence-corrected chi connectivity index (χ4v) is 4.02. The van der Waals surface area contributed by atoms with Crippen LogP contribution < -0.4 is 0 Å². The molecule has 1 aliphatic rings. The highest BCUT2D eigenvalue weighted by atomic mass is 33.1. The van der Waals surface area contributed by atoms with E-state index in [1.807, 2.05) is 6.08 Å². The molecule has 1 rings (SSSR count). The van der Waals surface area contributed by atoms with Crippen molar-refractivity contribution in [2.24, 2.45) is 4.99 Å². The van der Waals surface area contributed by atoms with Gasteiger partial charge in [0.2, 0.25) is 0 Å². The first-order valence-corrected chi connectivity index (χ1v) is 6.52. The third kappa shape index (κ3) is 3.68. The van der Waals surface area contributed by atoms with Crippen LogP contribution in [0.3, 0.4) is 0 Å². The summed E-state index contributed by atoms with van der Waals surface area (Å²) in [7, 11) is 3.49. The van der Waals surface area contributed by atoms with Crippen molar-refractivity contribution >= 4 is 52.7 Å². The fraction of sp³-hybridized carbons (Fsp3) is 0.400. The molecule has 0 aliphatic carbocycles. The molecule has 62 valence electrons. The van der Waals surface area contributed by atoms with Gasteiger partial charge in [-0.2, -0.15) is 0 Å². The summed E-state index contributed by atoms with van der Waals surface area (Å²) in [5.74, 6) is 0.962. The van der Waals surface area contributed by atoms with Gasteiger partial charge in [0, 0.05) is 17.7 Å². The molecule has 0 aromatic carbocycles. The van der Waals surface area contributed by atoms with Crippen LogP contribution in [0.1, 0.15) is 0 Å². The number of aliphatic imine (C=N–C) groups is 1. The van der Waals surface area contributed by atoms with Crippen molar-refractivity contribution < 1.29 is 0 Å². The van der Waals surface area contributed by atoms with Crippen molar-refractivity contribution in [3.8, 4) is 0 Å². The lowest BCUT2D eigenvalue weighted by molar-refractivity contribution is 1.23. The summed E-state index contributed by atoms with van der Waals surface area (Å²) >= 11 is 5.70. The Morgan fingerprint density at radius 3 is 3.27 bits per heavy atom. The van der Waals surface area contributed by atoms with Crippen molar-refractivity contribution in [3.05, 3.63) is 12.7 Å². The van der Waals surface area contributed by atoms with Gasteiger partial charge in [-0.1, -0.05) is 40.5 Å². The van der Waals surface area contributed by atoms with E-state index >= 15 is 0 Å². The molecule has 1 atom stereocenters. The maximum atomic E-state index is 4.18. The first-order chi connectivity index (χ1) is 5.33. The molecule has 1 aliphatic heterocycles. The molecule has 11 heavy (non-hydrogen) atoms. The normalized spacial score (nSPS) is 22.6. The first kappa shape index (κ1) is 9.70. The SMILES string of the molecule is C=CCSSC1N=CN(S)S1. The number of hydrogen-bond donors (Lipinski definition) is 1. The number of hydrogen-bond acceptors (Lipinski definition) is 6. The summed E-state index contributed by atoms with van der Waals surface area (Å²) < 4.78 is 1.98. The first-order valence-electron chi connectivity index (χ1n) is 2.90. The van der Waals surface area contributed by atoms with Gasteiger partial charge in [-0.05, 0) is 0 Å². The zero-order valence-corrected chi connectivity index (χ0v) is 9.06. The Bertz CT molecular complexity index is 161. The zero-order chi connectivity index (χ0) is 8.10.